The molecule has 0 fully saturated rings. The second-order valence-corrected chi connectivity index (χ2v) is 8.22. The summed E-state index contributed by atoms with van der Waals surface area (Å²) >= 11 is 0. The predicted molar refractivity (Wildman–Crippen MR) is 121 cm³/mol. The first kappa shape index (κ1) is 25.4. The molecule has 2 aromatic rings. The van der Waals surface area contributed by atoms with Crippen LogP contribution < -0.4 is 10.2 Å². The number of rotatable bonds is 7. The molecule has 9 heteroatoms. The SMILES string of the molecule is CCCCOC(=O)NC1(CC)CCc2cc(C(F)(F)F)ccc2N1C(=O)OCc1ccccc1. The van der Waals surface area contributed by atoms with Crippen molar-refractivity contribution in [2.24, 2.45) is 0 Å². The molecule has 1 atom stereocenters. The molecule has 1 aliphatic heterocycles. The number of halogens is 3. The molecule has 0 spiro atoms. The van der Waals surface area contributed by atoms with E-state index in [1.54, 1.807) is 19.1 Å². The average molecular weight is 479 g/mol. The van der Waals surface area contributed by atoms with Crippen LogP contribution in [-0.2, 0) is 28.7 Å². The van der Waals surface area contributed by atoms with Crippen molar-refractivity contribution in [3.8, 4) is 0 Å². The fourth-order valence-corrected chi connectivity index (χ4v) is 4.00. The van der Waals surface area contributed by atoms with Gasteiger partial charge in [-0.05, 0) is 55.0 Å². The molecule has 0 saturated heterocycles. The van der Waals surface area contributed by atoms with Gasteiger partial charge in [-0.25, -0.2) is 9.59 Å². The Kier molecular flexibility index (Phi) is 8.06. The van der Waals surface area contributed by atoms with Gasteiger partial charge in [-0.3, -0.25) is 10.2 Å². The monoisotopic (exact) mass is 478 g/mol. The molecule has 34 heavy (non-hydrogen) atoms. The van der Waals surface area contributed by atoms with Gasteiger partial charge in [0.1, 0.15) is 12.3 Å². The molecule has 0 radical (unpaired) electrons. The van der Waals surface area contributed by atoms with Crippen LogP contribution in [0, 0.1) is 0 Å². The number of amides is 2. The summed E-state index contributed by atoms with van der Waals surface area (Å²) in [7, 11) is 0. The van der Waals surface area contributed by atoms with Crippen LogP contribution in [0.3, 0.4) is 0 Å². The number of benzene rings is 2. The second-order valence-electron chi connectivity index (χ2n) is 8.22. The van der Waals surface area contributed by atoms with Gasteiger partial charge in [-0.1, -0.05) is 50.6 Å². The molecule has 3 rings (SSSR count). The molecule has 184 valence electrons. The van der Waals surface area contributed by atoms with Gasteiger partial charge in [-0.2, -0.15) is 13.2 Å². The number of aryl methyl sites for hydroxylation is 1. The van der Waals surface area contributed by atoms with Gasteiger partial charge < -0.3 is 9.47 Å². The lowest BCUT2D eigenvalue weighted by atomic mass is 9.88. The highest BCUT2D eigenvalue weighted by molar-refractivity contribution is 5.92. The van der Waals surface area contributed by atoms with E-state index in [9.17, 15) is 22.8 Å². The number of carbonyl (C=O) groups excluding carboxylic acids is 2. The third kappa shape index (κ3) is 5.81. The predicted octanol–water partition coefficient (Wildman–Crippen LogP) is 6.43. The van der Waals surface area contributed by atoms with Crippen molar-refractivity contribution in [3.05, 3.63) is 65.2 Å². The molecule has 1 heterocycles. The summed E-state index contributed by atoms with van der Waals surface area (Å²) < 4.78 is 50.6. The van der Waals surface area contributed by atoms with Gasteiger partial charge in [0.2, 0.25) is 0 Å². The summed E-state index contributed by atoms with van der Waals surface area (Å²) in [5.41, 5.74) is -0.608. The number of nitrogens with one attached hydrogen (secondary N) is 1. The van der Waals surface area contributed by atoms with Crippen molar-refractivity contribution >= 4 is 17.9 Å². The Morgan fingerprint density at radius 3 is 2.47 bits per heavy atom. The van der Waals surface area contributed by atoms with Crippen LogP contribution in [0.2, 0.25) is 0 Å². The van der Waals surface area contributed by atoms with Crippen molar-refractivity contribution in [1.29, 1.82) is 0 Å². The highest BCUT2D eigenvalue weighted by atomic mass is 19.4. The Labute approximate surface area is 197 Å². The minimum Gasteiger partial charge on any atom is -0.450 e. The Bertz CT molecular complexity index is 997. The number of alkyl halides is 3. The number of unbranched alkanes of at least 4 members (excludes halogenated alkanes) is 1. The summed E-state index contributed by atoms with van der Waals surface area (Å²) in [4.78, 5) is 27.1. The Hall–Kier alpha value is -3.23. The van der Waals surface area contributed by atoms with Crippen molar-refractivity contribution < 1.29 is 32.2 Å². The smallest absolute Gasteiger partial charge is 0.416 e. The molecule has 0 aromatic heterocycles. The third-order valence-corrected chi connectivity index (χ3v) is 5.92. The topological polar surface area (TPSA) is 67.9 Å². The molecular formula is C25H29F3N2O4. The standard InChI is InChI=1S/C25H29F3N2O4/c1-3-5-15-33-22(31)29-24(4-2)14-13-19-16-20(25(26,27)28)11-12-21(19)30(24)23(32)34-17-18-9-7-6-8-10-18/h6-12,16H,3-5,13-15,17H2,1-2H3,(H,29,31). The van der Waals surface area contributed by atoms with Crippen molar-refractivity contribution in [2.45, 2.75) is 64.4 Å². The minimum absolute atomic E-state index is 0.0210. The van der Waals surface area contributed by atoms with Crippen LogP contribution in [-0.4, -0.2) is 24.5 Å². The van der Waals surface area contributed by atoms with E-state index in [-0.39, 0.29) is 31.7 Å². The largest absolute Gasteiger partial charge is 0.450 e. The van der Waals surface area contributed by atoms with E-state index < -0.39 is 29.6 Å². The number of alkyl carbamates (subject to hydrolysis) is 1. The van der Waals surface area contributed by atoms with Crippen LogP contribution >= 0.6 is 0 Å². The van der Waals surface area contributed by atoms with Crippen LogP contribution in [0.25, 0.3) is 0 Å². The summed E-state index contributed by atoms with van der Waals surface area (Å²) in [6.45, 7) is 3.96. The molecule has 0 aliphatic carbocycles. The molecule has 0 bridgehead atoms. The van der Waals surface area contributed by atoms with Crippen LogP contribution in [0.1, 0.15) is 56.2 Å². The maximum Gasteiger partial charge on any atom is 0.416 e. The van der Waals surface area contributed by atoms with Gasteiger partial charge in [0.05, 0.1) is 17.9 Å². The van der Waals surface area contributed by atoms with Gasteiger partial charge in [0.15, 0.2) is 0 Å². The highest BCUT2D eigenvalue weighted by Crippen LogP contribution is 2.41. The molecule has 2 aromatic carbocycles. The van der Waals surface area contributed by atoms with Crippen molar-refractivity contribution in [1.82, 2.24) is 5.32 Å². The molecule has 1 aliphatic rings. The lowest BCUT2D eigenvalue weighted by molar-refractivity contribution is -0.137. The van der Waals surface area contributed by atoms with E-state index >= 15 is 0 Å². The third-order valence-electron chi connectivity index (χ3n) is 5.92. The maximum atomic E-state index is 13.3. The highest BCUT2D eigenvalue weighted by Gasteiger charge is 2.46. The average Bonchev–Trinajstić information content (AvgIpc) is 2.82. The number of nitrogens with zero attached hydrogens (tertiary/aromatic N) is 1. The first-order chi connectivity index (χ1) is 16.2. The number of hydrogen-bond acceptors (Lipinski definition) is 4. The van der Waals surface area contributed by atoms with Crippen LogP contribution in [0.15, 0.2) is 48.5 Å². The van der Waals surface area contributed by atoms with E-state index in [0.29, 0.717) is 18.4 Å². The Balaban J connectivity index is 1.93. The number of carbonyl (C=O) groups is 2. The normalized spacial score (nSPS) is 17.6. The number of anilines is 1. The molecule has 1 unspecified atom stereocenters. The van der Waals surface area contributed by atoms with Gasteiger partial charge in [0, 0.05) is 0 Å². The minimum atomic E-state index is -4.51. The molecule has 0 saturated carbocycles. The quantitative estimate of drug-likeness (QED) is 0.466. The first-order valence-electron chi connectivity index (χ1n) is 11.4. The van der Waals surface area contributed by atoms with Crippen LogP contribution in [0.4, 0.5) is 28.4 Å². The van der Waals surface area contributed by atoms with E-state index in [2.05, 4.69) is 5.32 Å². The summed E-state index contributed by atoms with van der Waals surface area (Å²) in [5, 5.41) is 2.80. The van der Waals surface area contributed by atoms with Crippen molar-refractivity contribution in [2.75, 3.05) is 11.5 Å². The van der Waals surface area contributed by atoms with E-state index in [1.807, 2.05) is 25.1 Å². The molecule has 1 N–H and O–H groups in total. The molecular weight excluding hydrogens is 449 g/mol. The fraction of sp³-hybridized carbons (Fsp3) is 0.440. The molecule has 6 nitrogen and oxygen atoms in total. The van der Waals surface area contributed by atoms with Crippen molar-refractivity contribution in [3.63, 3.8) is 0 Å². The Morgan fingerprint density at radius 1 is 1.09 bits per heavy atom. The Morgan fingerprint density at radius 2 is 1.82 bits per heavy atom. The van der Waals surface area contributed by atoms with Gasteiger partial charge >= 0.3 is 18.4 Å². The zero-order valence-corrected chi connectivity index (χ0v) is 19.3. The van der Waals surface area contributed by atoms with Gasteiger partial charge in [0.25, 0.3) is 0 Å². The van der Waals surface area contributed by atoms with E-state index in [4.69, 9.17) is 9.47 Å². The summed E-state index contributed by atoms with van der Waals surface area (Å²) in [6, 6.07) is 12.3. The van der Waals surface area contributed by atoms with Gasteiger partial charge in [-0.15, -0.1) is 0 Å². The summed E-state index contributed by atoms with van der Waals surface area (Å²) in [6.07, 6.45) is -3.67. The zero-order chi connectivity index (χ0) is 24.8. The van der Waals surface area contributed by atoms with E-state index in [1.165, 1.54) is 11.0 Å². The summed E-state index contributed by atoms with van der Waals surface area (Å²) in [5.74, 6) is 0. The first-order valence-corrected chi connectivity index (χ1v) is 11.4. The number of ether oxygens (including phenoxy) is 2. The van der Waals surface area contributed by atoms with Crippen LogP contribution in [0.5, 0.6) is 0 Å². The second kappa shape index (κ2) is 10.8. The number of hydrogen-bond donors (Lipinski definition) is 1. The lowest BCUT2D eigenvalue weighted by Gasteiger charge is -2.46. The van der Waals surface area contributed by atoms with E-state index in [0.717, 1.165) is 24.1 Å². The number of fused-ring (bicyclic) bond motifs is 1. The molecule has 2 amide bonds. The maximum absolute atomic E-state index is 13.3. The fourth-order valence-electron chi connectivity index (χ4n) is 4.00. The lowest BCUT2D eigenvalue weighted by Crippen LogP contribution is -2.64. The zero-order valence-electron chi connectivity index (χ0n) is 19.3.